The average Bonchev–Trinajstić information content (AvgIpc) is 2.01. The molecule has 0 aliphatic heterocycles. The molecule has 2 N–H and O–H groups in total. The highest BCUT2D eigenvalue weighted by Gasteiger charge is 2.34. The Morgan fingerprint density at radius 2 is 1.93 bits per heavy atom. The highest BCUT2D eigenvalue weighted by atomic mass is 79.9. The first-order valence-corrected chi connectivity index (χ1v) is 4.29. The second-order valence-corrected chi connectivity index (χ2v) is 3.32. The van der Waals surface area contributed by atoms with E-state index in [0.29, 0.717) is 0 Å². The molecule has 0 bridgehead atoms. The lowest BCUT2D eigenvalue weighted by Gasteiger charge is -2.10. The summed E-state index contributed by atoms with van der Waals surface area (Å²) >= 11 is 2.70. The van der Waals surface area contributed by atoms with Gasteiger partial charge in [-0.3, -0.25) is 4.79 Å². The summed E-state index contributed by atoms with van der Waals surface area (Å²) in [6.45, 7) is 0. The van der Waals surface area contributed by atoms with Crippen molar-refractivity contribution in [2.75, 3.05) is 0 Å². The van der Waals surface area contributed by atoms with Crippen LogP contribution in [0.5, 0.6) is 0 Å². The largest absolute Gasteiger partial charge is 0.417 e. The molecule has 76 valence electrons. The van der Waals surface area contributed by atoms with E-state index in [0.717, 1.165) is 12.1 Å². The fourth-order valence-corrected chi connectivity index (χ4v) is 1.63. The molecular formula is C8H5BrF3NO. The van der Waals surface area contributed by atoms with E-state index in [4.69, 9.17) is 5.73 Å². The van der Waals surface area contributed by atoms with E-state index in [1.165, 1.54) is 6.07 Å². The van der Waals surface area contributed by atoms with E-state index in [2.05, 4.69) is 15.9 Å². The first-order valence-electron chi connectivity index (χ1n) is 3.49. The molecule has 0 atom stereocenters. The Kier molecular flexibility index (Phi) is 2.84. The van der Waals surface area contributed by atoms with Crippen LogP contribution in [0.3, 0.4) is 0 Å². The van der Waals surface area contributed by atoms with Crippen LogP contribution < -0.4 is 5.73 Å². The Balaban J connectivity index is 3.35. The number of halogens is 4. The van der Waals surface area contributed by atoms with Gasteiger partial charge in [-0.2, -0.15) is 13.2 Å². The first kappa shape index (κ1) is 11.0. The number of carbonyl (C=O) groups is 1. The van der Waals surface area contributed by atoms with Gasteiger partial charge in [0.05, 0.1) is 11.1 Å². The molecule has 0 unspecified atom stereocenters. The van der Waals surface area contributed by atoms with Crippen LogP contribution in [0.4, 0.5) is 13.2 Å². The summed E-state index contributed by atoms with van der Waals surface area (Å²) in [7, 11) is 0. The number of hydrogen-bond acceptors (Lipinski definition) is 1. The molecule has 0 aromatic heterocycles. The highest BCUT2D eigenvalue weighted by Crippen LogP contribution is 2.36. The number of benzene rings is 1. The number of rotatable bonds is 1. The van der Waals surface area contributed by atoms with Crippen molar-refractivity contribution in [1.29, 1.82) is 0 Å². The van der Waals surface area contributed by atoms with E-state index < -0.39 is 17.6 Å². The summed E-state index contributed by atoms with van der Waals surface area (Å²) in [4.78, 5) is 10.7. The molecule has 0 aliphatic rings. The number of hydrogen-bond donors (Lipinski definition) is 1. The Morgan fingerprint density at radius 3 is 2.36 bits per heavy atom. The lowest BCUT2D eigenvalue weighted by molar-refractivity contribution is -0.138. The number of nitrogens with two attached hydrogens (primary N) is 1. The van der Waals surface area contributed by atoms with E-state index in [9.17, 15) is 18.0 Å². The lowest BCUT2D eigenvalue weighted by Crippen LogP contribution is -2.15. The van der Waals surface area contributed by atoms with Crippen LogP contribution in [0, 0.1) is 0 Å². The molecule has 0 saturated heterocycles. The van der Waals surface area contributed by atoms with Crippen molar-refractivity contribution in [2.45, 2.75) is 6.18 Å². The fraction of sp³-hybridized carbons (Fsp3) is 0.125. The number of alkyl halides is 3. The van der Waals surface area contributed by atoms with E-state index >= 15 is 0 Å². The van der Waals surface area contributed by atoms with Gasteiger partial charge in [-0.05, 0) is 28.1 Å². The van der Waals surface area contributed by atoms with Crippen LogP contribution in [-0.2, 0) is 6.18 Å². The maximum atomic E-state index is 12.3. The fourth-order valence-electron chi connectivity index (χ4n) is 0.941. The van der Waals surface area contributed by atoms with Crippen molar-refractivity contribution in [1.82, 2.24) is 0 Å². The number of amides is 1. The van der Waals surface area contributed by atoms with Crippen LogP contribution in [0.2, 0.25) is 0 Å². The van der Waals surface area contributed by atoms with E-state index in [-0.39, 0.29) is 10.0 Å². The molecule has 0 heterocycles. The minimum Gasteiger partial charge on any atom is -0.366 e. The van der Waals surface area contributed by atoms with Crippen molar-refractivity contribution < 1.29 is 18.0 Å². The van der Waals surface area contributed by atoms with E-state index in [1.54, 1.807) is 0 Å². The Morgan fingerprint density at radius 1 is 1.36 bits per heavy atom. The average molecular weight is 268 g/mol. The molecule has 1 amide bonds. The van der Waals surface area contributed by atoms with Crippen molar-refractivity contribution >= 4 is 21.8 Å². The summed E-state index contributed by atoms with van der Waals surface area (Å²) in [5.74, 6) is -0.900. The predicted octanol–water partition coefficient (Wildman–Crippen LogP) is 2.57. The standard InChI is InChI=1S/C8H5BrF3NO/c9-6-4(7(13)14)2-1-3-5(6)8(10,11)12/h1-3H,(H2,13,14). The topological polar surface area (TPSA) is 43.1 Å². The number of carbonyl (C=O) groups excluding carboxylic acids is 1. The Hall–Kier alpha value is -1.04. The molecule has 1 aromatic rings. The summed E-state index contributed by atoms with van der Waals surface area (Å²) < 4.78 is 36.6. The van der Waals surface area contributed by atoms with Gasteiger partial charge in [-0.1, -0.05) is 6.07 Å². The quantitative estimate of drug-likeness (QED) is 0.835. The van der Waals surface area contributed by atoms with Gasteiger partial charge in [0.25, 0.3) is 0 Å². The van der Waals surface area contributed by atoms with Crippen molar-refractivity contribution in [2.24, 2.45) is 5.73 Å². The lowest BCUT2D eigenvalue weighted by atomic mass is 10.1. The smallest absolute Gasteiger partial charge is 0.366 e. The van der Waals surface area contributed by atoms with Gasteiger partial charge < -0.3 is 5.73 Å². The zero-order valence-corrected chi connectivity index (χ0v) is 8.32. The third kappa shape index (κ3) is 2.06. The normalized spacial score (nSPS) is 11.4. The molecule has 1 aromatic carbocycles. The van der Waals surface area contributed by atoms with Gasteiger partial charge in [0.15, 0.2) is 0 Å². The summed E-state index contributed by atoms with van der Waals surface area (Å²) in [5, 5.41) is 0. The predicted molar refractivity (Wildman–Crippen MR) is 47.7 cm³/mol. The SMILES string of the molecule is NC(=O)c1cccc(C(F)(F)F)c1Br. The molecule has 0 fully saturated rings. The molecule has 0 saturated carbocycles. The maximum absolute atomic E-state index is 12.3. The summed E-state index contributed by atoms with van der Waals surface area (Å²) in [6, 6.07) is 3.23. The highest BCUT2D eigenvalue weighted by molar-refractivity contribution is 9.10. The number of primary amides is 1. The molecule has 14 heavy (non-hydrogen) atoms. The first-order chi connectivity index (χ1) is 6.34. The van der Waals surface area contributed by atoms with Gasteiger partial charge >= 0.3 is 6.18 Å². The maximum Gasteiger partial charge on any atom is 0.417 e. The zero-order valence-electron chi connectivity index (χ0n) is 6.73. The minimum absolute atomic E-state index is 0.181. The molecule has 0 radical (unpaired) electrons. The summed E-state index contributed by atoms with van der Waals surface area (Å²) in [5.41, 5.74) is 3.80. The van der Waals surface area contributed by atoms with Crippen LogP contribution in [-0.4, -0.2) is 5.91 Å². The van der Waals surface area contributed by atoms with Crippen LogP contribution in [0.15, 0.2) is 22.7 Å². The van der Waals surface area contributed by atoms with Crippen molar-refractivity contribution in [3.63, 3.8) is 0 Å². The Labute approximate surface area is 86.0 Å². The molecule has 0 spiro atoms. The van der Waals surface area contributed by atoms with Gasteiger partial charge in [0.1, 0.15) is 0 Å². The minimum atomic E-state index is -4.50. The van der Waals surface area contributed by atoms with Crippen LogP contribution in [0.25, 0.3) is 0 Å². The van der Waals surface area contributed by atoms with Gasteiger partial charge in [0.2, 0.25) is 5.91 Å². The molecular weight excluding hydrogens is 263 g/mol. The van der Waals surface area contributed by atoms with Crippen LogP contribution in [0.1, 0.15) is 15.9 Å². The second-order valence-electron chi connectivity index (χ2n) is 2.53. The van der Waals surface area contributed by atoms with Crippen LogP contribution >= 0.6 is 15.9 Å². The van der Waals surface area contributed by atoms with Gasteiger partial charge in [0, 0.05) is 4.47 Å². The molecule has 0 aliphatic carbocycles. The van der Waals surface area contributed by atoms with Gasteiger partial charge in [-0.15, -0.1) is 0 Å². The monoisotopic (exact) mass is 267 g/mol. The third-order valence-electron chi connectivity index (χ3n) is 1.57. The Bertz CT molecular complexity index is 375. The van der Waals surface area contributed by atoms with Crippen molar-refractivity contribution in [3.8, 4) is 0 Å². The molecule has 2 nitrogen and oxygen atoms in total. The second kappa shape index (κ2) is 3.61. The molecule has 6 heteroatoms. The zero-order chi connectivity index (χ0) is 10.9. The molecule has 1 rings (SSSR count). The van der Waals surface area contributed by atoms with Gasteiger partial charge in [-0.25, -0.2) is 0 Å². The van der Waals surface area contributed by atoms with E-state index in [1.807, 2.05) is 0 Å². The summed E-state index contributed by atoms with van der Waals surface area (Å²) in [6.07, 6.45) is -4.50. The van der Waals surface area contributed by atoms with Crippen molar-refractivity contribution in [3.05, 3.63) is 33.8 Å². The third-order valence-corrected chi connectivity index (χ3v) is 2.42.